The van der Waals surface area contributed by atoms with E-state index < -0.39 is 5.60 Å². The third-order valence-corrected chi connectivity index (χ3v) is 9.19. The molecule has 0 aliphatic heterocycles. The molecule has 0 spiro atoms. The van der Waals surface area contributed by atoms with Gasteiger partial charge in [-0.05, 0) is 99.2 Å². The number of hydrogen-bond donors (Lipinski definition) is 1. The van der Waals surface area contributed by atoms with E-state index in [2.05, 4.69) is 13.8 Å². The molecule has 0 saturated heterocycles. The van der Waals surface area contributed by atoms with E-state index in [1.54, 1.807) is 0 Å². The lowest BCUT2D eigenvalue weighted by Crippen LogP contribution is -2.55. The van der Waals surface area contributed by atoms with Crippen LogP contribution in [0.25, 0.3) is 0 Å². The van der Waals surface area contributed by atoms with Crippen LogP contribution in [0.4, 0.5) is 0 Å². The summed E-state index contributed by atoms with van der Waals surface area (Å²) in [7, 11) is 0. The van der Waals surface area contributed by atoms with Gasteiger partial charge in [0.15, 0.2) is 0 Å². The second-order valence-corrected chi connectivity index (χ2v) is 10.2. The molecule has 4 aliphatic rings. The summed E-state index contributed by atoms with van der Waals surface area (Å²) in [4.78, 5) is 11.6. The fourth-order valence-electron chi connectivity index (χ4n) is 7.70. The molecule has 2 heteroatoms. The summed E-state index contributed by atoms with van der Waals surface area (Å²) in [5.74, 6) is 3.46. The fraction of sp³-hybridized carbons (Fsp3) is 0.952. The second-order valence-electron chi connectivity index (χ2n) is 10.2. The number of fused-ring (bicyclic) bond motifs is 5. The zero-order valence-corrected chi connectivity index (χ0v) is 15.2. The zero-order valence-electron chi connectivity index (χ0n) is 15.2. The van der Waals surface area contributed by atoms with Crippen LogP contribution in [0.3, 0.4) is 0 Å². The number of aldehydes is 1. The maximum absolute atomic E-state index is 11.6. The predicted molar refractivity (Wildman–Crippen MR) is 91.9 cm³/mol. The van der Waals surface area contributed by atoms with Gasteiger partial charge in [0.2, 0.25) is 0 Å². The molecule has 0 heterocycles. The Morgan fingerprint density at radius 2 is 1.61 bits per heavy atom. The predicted octanol–water partition coefficient (Wildman–Crippen LogP) is 4.60. The van der Waals surface area contributed by atoms with Crippen molar-refractivity contribution in [2.24, 2.45) is 40.4 Å². The summed E-state index contributed by atoms with van der Waals surface area (Å²) in [5.41, 5.74) is 0.286. The molecule has 4 fully saturated rings. The number of rotatable bonds is 1. The molecule has 4 saturated carbocycles. The maximum atomic E-state index is 11.6. The van der Waals surface area contributed by atoms with Crippen LogP contribution in [-0.4, -0.2) is 17.0 Å². The molecule has 130 valence electrons. The van der Waals surface area contributed by atoms with Gasteiger partial charge in [-0.25, -0.2) is 0 Å². The third-order valence-electron chi connectivity index (χ3n) is 9.19. The van der Waals surface area contributed by atoms with E-state index in [9.17, 15) is 9.90 Å². The van der Waals surface area contributed by atoms with E-state index in [-0.39, 0.29) is 5.41 Å². The van der Waals surface area contributed by atoms with Crippen molar-refractivity contribution < 1.29 is 9.90 Å². The SMILES string of the molecule is C[C@]1(O)CC[C@@]2(C)[C@@H](CC[C@@H]3[C@@H]2CC[C@]2(C)[C@@H](C=O)CC[C@@H]32)C1. The van der Waals surface area contributed by atoms with E-state index in [0.717, 1.165) is 37.0 Å². The lowest BCUT2D eigenvalue weighted by molar-refractivity contribution is -0.147. The van der Waals surface area contributed by atoms with Crippen LogP contribution in [0, 0.1) is 40.4 Å². The Bertz CT molecular complexity index is 498. The molecule has 0 amide bonds. The minimum atomic E-state index is -0.434. The van der Waals surface area contributed by atoms with Crippen molar-refractivity contribution in [2.45, 2.75) is 84.2 Å². The summed E-state index contributed by atoms with van der Waals surface area (Å²) < 4.78 is 0. The van der Waals surface area contributed by atoms with E-state index in [1.165, 1.54) is 44.8 Å². The molecule has 1 N–H and O–H groups in total. The Morgan fingerprint density at radius 3 is 2.35 bits per heavy atom. The van der Waals surface area contributed by atoms with Crippen LogP contribution in [0.2, 0.25) is 0 Å². The van der Waals surface area contributed by atoms with Crippen LogP contribution < -0.4 is 0 Å². The van der Waals surface area contributed by atoms with Crippen molar-refractivity contribution in [3.63, 3.8) is 0 Å². The highest BCUT2D eigenvalue weighted by Gasteiger charge is 2.60. The highest BCUT2D eigenvalue weighted by molar-refractivity contribution is 5.56. The van der Waals surface area contributed by atoms with Crippen molar-refractivity contribution in [2.75, 3.05) is 0 Å². The standard InChI is InChI=1S/C21H34O2/c1-19(23)10-11-21(3)14(12-19)4-6-16-17-7-5-15(13-22)20(17,2)9-8-18(16)21/h13-18,23H,4-12H2,1-3H3/t14-,15+,16-,17-,18-,19-,20+,21-/m0/s1. The van der Waals surface area contributed by atoms with Crippen molar-refractivity contribution >= 4 is 6.29 Å². The van der Waals surface area contributed by atoms with Gasteiger partial charge in [-0.15, -0.1) is 0 Å². The smallest absolute Gasteiger partial charge is 0.123 e. The quantitative estimate of drug-likeness (QED) is 0.718. The van der Waals surface area contributed by atoms with Gasteiger partial charge in [0.1, 0.15) is 6.29 Å². The lowest BCUT2D eigenvalue weighted by Gasteiger charge is -2.61. The topological polar surface area (TPSA) is 37.3 Å². The minimum absolute atomic E-state index is 0.284. The van der Waals surface area contributed by atoms with Crippen molar-refractivity contribution in [3.8, 4) is 0 Å². The van der Waals surface area contributed by atoms with Crippen LogP contribution in [0.15, 0.2) is 0 Å². The first kappa shape index (κ1) is 16.1. The zero-order chi connectivity index (χ0) is 16.5. The highest BCUT2D eigenvalue weighted by atomic mass is 16.3. The first-order valence-electron chi connectivity index (χ1n) is 9.98. The lowest BCUT2D eigenvalue weighted by atomic mass is 9.44. The number of carbonyl (C=O) groups is 1. The molecule has 23 heavy (non-hydrogen) atoms. The third kappa shape index (κ3) is 2.19. The molecule has 0 bridgehead atoms. The molecule has 0 radical (unpaired) electrons. The van der Waals surface area contributed by atoms with Crippen molar-refractivity contribution in [1.82, 2.24) is 0 Å². The van der Waals surface area contributed by atoms with Crippen LogP contribution in [0.5, 0.6) is 0 Å². The Balaban J connectivity index is 1.61. The van der Waals surface area contributed by atoms with Crippen LogP contribution in [0.1, 0.15) is 78.6 Å². The van der Waals surface area contributed by atoms with Gasteiger partial charge in [0.05, 0.1) is 5.60 Å². The molecule has 4 aliphatic carbocycles. The summed E-state index contributed by atoms with van der Waals surface area (Å²) in [6, 6.07) is 0. The molecule has 0 aromatic carbocycles. The average Bonchev–Trinajstić information content (AvgIpc) is 2.84. The molecular formula is C21H34O2. The Morgan fingerprint density at radius 1 is 0.870 bits per heavy atom. The van der Waals surface area contributed by atoms with E-state index in [0.29, 0.717) is 17.3 Å². The molecule has 4 rings (SSSR count). The molecule has 0 unspecified atom stereocenters. The molecule has 8 atom stereocenters. The van der Waals surface area contributed by atoms with Gasteiger partial charge in [-0.3, -0.25) is 0 Å². The fourth-order valence-corrected chi connectivity index (χ4v) is 7.70. The van der Waals surface area contributed by atoms with Gasteiger partial charge in [0.25, 0.3) is 0 Å². The van der Waals surface area contributed by atoms with Gasteiger partial charge < -0.3 is 9.90 Å². The maximum Gasteiger partial charge on any atom is 0.123 e. The summed E-state index contributed by atoms with van der Waals surface area (Å²) >= 11 is 0. The van der Waals surface area contributed by atoms with E-state index in [1.807, 2.05) is 6.92 Å². The average molecular weight is 319 g/mol. The van der Waals surface area contributed by atoms with Gasteiger partial charge in [-0.1, -0.05) is 13.8 Å². The van der Waals surface area contributed by atoms with E-state index in [4.69, 9.17) is 0 Å². The van der Waals surface area contributed by atoms with Crippen molar-refractivity contribution in [1.29, 1.82) is 0 Å². The Kier molecular flexibility index (Phi) is 3.55. The Hall–Kier alpha value is -0.370. The Labute approximate surface area is 141 Å². The molecule has 0 aromatic rings. The van der Waals surface area contributed by atoms with Gasteiger partial charge >= 0.3 is 0 Å². The summed E-state index contributed by atoms with van der Waals surface area (Å²) in [6.45, 7) is 7.00. The first-order chi connectivity index (χ1) is 10.8. The number of carbonyl (C=O) groups excluding carboxylic acids is 1. The number of aliphatic hydroxyl groups is 1. The van der Waals surface area contributed by atoms with E-state index >= 15 is 0 Å². The normalized spacial score (nSPS) is 58.9. The summed E-state index contributed by atoms with van der Waals surface area (Å²) in [6.07, 6.45) is 12.1. The molecule has 0 aromatic heterocycles. The van der Waals surface area contributed by atoms with Gasteiger partial charge in [-0.2, -0.15) is 0 Å². The van der Waals surface area contributed by atoms with Crippen LogP contribution in [-0.2, 0) is 4.79 Å². The molecular weight excluding hydrogens is 284 g/mol. The number of hydrogen-bond acceptors (Lipinski definition) is 2. The largest absolute Gasteiger partial charge is 0.390 e. The minimum Gasteiger partial charge on any atom is -0.390 e. The first-order valence-corrected chi connectivity index (χ1v) is 9.98. The highest BCUT2D eigenvalue weighted by Crippen LogP contribution is 2.67. The van der Waals surface area contributed by atoms with Gasteiger partial charge in [0, 0.05) is 5.92 Å². The monoisotopic (exact) mass is 318 g/mol. The van der Waals surface area contributed by atoms with Crippen LogP contribution >= 0.6 is 0 Å². The summed E-state index contributed by atoms with van der Waals surface area (Å²) in [5, 5.41) is 10.5. The second kappa shape index (κ2) is 5.07. The molecule has 2 nitrogen and oxygen atoms in total. The van der Waals surface area contributed by atoms with Crippen molar-refractivity contribution in [3.05, 3.63) is 0 Å².